The molecule has 2 aromatic rings. The van der Waals surface area contributed by atoms with Gasteiger partial charge in [-0.05, 0) is 54.5 Å². The highest BCUT2D eigenvalue weighted by molar-refractivity contribution is 7.99. The van der Waals surface area contributed by atoms with Gasteiger partial charge in [0.1, 0.15) is 0 Å². The molecule has 2 unspecified atom stereocenters. The summed E-state index contributed by atoms with van der Waals surface area (Å²) in [6, 6.07) is 10.7. The Morgan fingerprint density at radius 1 is 1.11 bits per heavy atom. The van der Waals surface area contributed by atoms with Crippen molar-refractivity contribution in [2.75, 3.05) is 11.9 Å². The Balaban J connectivity index is 1.63. The van der Waals surface area contributed by atoms with Crippen molar-refractivity contribution >= 4 is 17.4 Å². The summed E-state index contributed by atoms with van der Waals surface area (Å²) in [5.74, 6) is 0.419. The van der Waals surface area contributed by atoms with Gasteiger partial charge in [0.25, 0.3) is 0 Å². The van der Waals surface area contributed by atoms with Gasteiger partial charge < -0.3 is 11.1 Å². The molecule has 2 aliphatic rings. The Hall–Kier alpha value is -1.66. The van der Waals surface area contributed by atoms with Crippen LogP contribution in [-0.2, 0) is 12.6 Å². The van der Waals surface area contributed by atoms with Gasteiger partial charge in [-0.25, -0.2) is 0 Å². The van der Waals surface area contributed by atoms with Gasteiger partial charge in [0, 0.05) is 34.5 Å². The van der Waals surface area contributed by atoms with Crippen molar-refractivity contribution in [1.82, 2.24) is 0 Å². The van der Waals surface area contributed by atoms with Gasteiger partial charge in [0.05, 0.1) is 5.56 Å². The average Bonchev–Trinajstić information content (AvgIpc) is 2.63. The van der Waals surface area contributed by atoms with Gasteiger partial charge in [0.15, 0.2) is 0 Å². The van der Waals surface area contributed by atoms with Crippen molar-refractivity contribution in [1.29, 1.82) is 0 Å². The van der Waals surface area contributed by atoms with Crippen LogP contribution in [0.1, 0.15) is 42.4 Å². The quantitative estimate of drug-likeness (QED) is 0.601. The fourth-order valence-electron chi connectivity index (χ4n) is 4.07. The first kappa shape index (κ1) is 18.7. The average molecular weight is 392 g/mol. The number of rotatable bonds is 3. The number of halogens is 3. The summed E-state index contributed by atoms with van der Waals surface area (Å²) < 4.78 is 40.3. The topological polar surface area (TPSA) is 38.0 Å². The minimum absolute atomic E-state index is 0.211. The number of hydrogen-bond acceptors (Lipinski definition) is 3. The lowest BCUT2D eigenvalue weighted by atomic mass is 9.86. The van der Waals surface area contributed by atoms with E-state index in [0.29, 0.717) is 29.5 Å². The first-order valence-corrected chi connectivity index (χ1v) is 10.2. The van der Waals surface area contributed by atoms with Crippen molar-refractivity contribution in [3.8, 4) is 0 Å². The molecular formula is C21H23F3N2S. The summed E-state index contributed by atoms with van der Waals surface area (Å²) in [4.78, 5) is 1.74. The zero-order valence-electron chi connectivity index (χ0n) is 15.0. The molecule has 0 saturated heterocycles. The fraction of sp³-hybridized carbons (Fsp3) is 0.429. The maximum Gasteiger partial charge on any atom is 0.416 e. The van der Waals surface area contributed by atoms with Crippen LogP contribution in [0.25, 0.3) is 0 Å². The molecule has 2 atom stereocenters. The molecule has 0 amide bonds. The maximum atomic E-state index is 13.4. The second-order valence-electron chi connectivity index (χ2n) is 7.56. The van der Waals surface area contributed by atoms with Gasteiger partial charge in [-0.3, -0.25) is 0 Å². The van der Waals surface area contributed by atoms with E-state index in [2.05, 4.69) is 5.32 Å². The molecule has 1 heterocycles. The molecule has 2 nitrogen and oxygen atoms in total. The van der Waals surface area contributed by atoms with E-state index < -0.39 is 11.7 Å². The predicted octanol–water partition coefficient (Wildman–Crippen LogP) is 5.69. The van der Waals surface area contributed by atoms with E-state index in [4.69, 9.17) is 5.73 Å². The minimum atomic E-state index is -4.35. The summed E-state index contributed by atoms with van der Waals surface area (Å²) in [6.45, 7) is 0.674. The van der Waals surface area contributed by atoms with Crippen LogP contribution >= 0.6 is 11.8 Å². The maximum absolute atomic E-state index is 13.4. The van der Waals surface area contributed by atoms with E-state index in [1.54, 1.807) is 0 Å². The van der Waals surface area contributed by atoms with Crippen molar-refractivity contribution in [3.63, 3.8) is 0 Å². The van der Waals surface area contributed by atoms with Crippen LogP contribution in [-0.4, -0.2) is 12.6 Å². The first-order valence-electron chi connectivity index (χ1n) is 9.39. The number of benzene rings is 2. The zero-order chi connectivity index (χ0) is 19.0. The molecule has 144 valence electrons. The third kappa shape index (κ3) is 4.11. The summed E-state index contributed by atoms with van der Waals surface area (Å²) in [5.41, 5.74) is 8.21. The van der Waals surface area contributed by atoms with Gasteiger partial charge >= 0.3 is 6.18 Å². The summed E-state index contributed by atoms with van der Waals surface area (Å²) in [5, 5.41) is 3.34. The lowest BCUT2D eigenvalue weighted by Crippen LogP contribution is -2.31. The second kappa shape index (κ2) is 7.40. The summed E-state index contributed by atoms with van der Waals surface area (Å²) in [6.07, 6.45) is 0.463. The monoisotopic (exact) mass is 392 g/mol. The summed E-state index contributed by atoms with van der Waals surface area (Å²) >= 11 is 1.43. The summed E-state index contributed by atoms with van der Waals surface area (Å²) in [7, 11) is 0. The highest BCUT2D eigenvalue weighted by Crippen LogP contribution is 2.45. The van der Waals surface area contributed by atoms with Gasteiger partial charge in [-0.1, -0.05) is 36.4 Å². The molecule has 27 heavy (non-hydrogen) atoms. The van der Waals surface area contributed by atoms with Gasteiger partial charge in [-0.2, -0.15) is 13.2 Å². The minimum Gasteiger partial charge on any atom is -0.384 e. The highest BCUT2D eigenvalue weighted by Gasteiger charge is 2.33. The standard InChI is InChI=1S/C21H23F3N2S/c22-21(23,24)15-10-18(26-12-13-4-3-6-16(25)8-13)17-9-14-5-1-2-7-19(14)27-20(17)11-15/h1-2,5,7,10-11,13,16,26H,3-4,6,8-9,12,25H2. The number of fused-ring (bicyclic) bond motifs is 2. The number of hydrogen-bond donors (Lipinski definition) is 2. The van der Waals surface area contributed by atoms with Crippen LogP contribution in [0.4, 0.5) is 18.9 Å². The first-order chi connectivity index (χ1) is 12.9. The fourth-order valence-corrected chi connectivity index (χ4v) is 5.22. The van der Waals surface area contributed by atoms with Crippen LogP contribution in [0.15, 0.2) is 46.2 Å². The van der Waals surface area contributed by atoms with Gasteiger partial charge in [0.2, 0.25) is 0 Å². The van der Waals surface area contributed by atoms with Crippen molar-refractivity contribution in [3.05, 3.63) is 53.1 Å². The Kier molecular flexibility index (Phi) is 5.12. The lowest BCUT2D eigenvalue weighted by molar-refractivity contribution is -0.137. The second-order valence-corrected chi connectivity index (χ2v) is 8.64. The lowest BCUT2D eigenvalue weighted by Gasteiger charge is -2.29. The van der Waals surface area contributed by atoms with E-state index in [0.717, 1.165) is 41.7 Å². The molecule has 3 N–H and O–H groups in total. The predicted molar refractivity (Wildman–Crippen MR) is 103 cm³/mol. The molecule has 1 aliphatic carbocycles. The number of anilines is 1. The molecule has 0 aromatic heterocycles. The normalized spacial score (nSPS) is 22.1. The Morgan fingerprint density at radius 2 is 1.93 bits per heavy atom. The molecule has 1 saturated carbocycles. The molecule has 4 rings (SSSR count). The molecule has 6 heteroatoms. The third-order valence-electron chi connectivity index (χ3n) is 5.50. The van der Waals surface area contributed by atoms with Crippen LogP contribution in [0.3, 0.4) is 0 Å². The van der Waals surface area contributed by atoms with E-state index >= 15 is 0 Å². The van der Waals surface area contributed by atoms with Crippen LogP contribution in [0.2, 0.25) is 0 Å². The molecular weight excluding hydrogens is 369 g/mol. The SMILES string of the molecule is NC1CCCC(CNc2cc(C(F)(F)F)cc3c2Cc2ccccc2S3)C1. The number of nitrogens with one attached hydrogen (secondary N) is 1. The molecule has 1 fully saturated rings. The Bertz CT molecular complexity index is 835. The van der Waals surface area contributed by atoms with E-state index in [1.165, 1.54) is 23.9 Å². The van der Waals surface area contributed by atoms with E-state index in [9.17, 15) is 13.2 Å². The number of nitrogens with two attached hydrogens (primary N) is 1. The van der Waals surface area contributed by atoms with Crippen molar-refractivity contribution < 1.29 is 13.2 Å². The molecule has 2 aromatic carbocycles. The van der Waals surface area contributed by atoms with Crippen LogP contribution < -0.4 is 11.1 Å². The van der Waals surface area contributed by atoms with Crippen LogP contribution in [0, 0.1) is 5.92 Å². The van der Waals surface area contributed by atoms with Gasteiger partial charge in [-0.15, -0.1) is 0 Å². The molecule has 0 spiro atoms. The van der Waals surface area contributed by atoms with Crippen LogP contribution in [0.5, 0.6) is 0 Å². The highest BCUT2D eigenvalue weighted by atomic mass is 32.2. The van der Waals surface area contributed by atoms with E-state index in [-0.39, 0.29) is 6.04 Å². The molecule has 1 aliphatic heterocycles. The van der Waals surface area contributed by atoms with Crippen molar-refractivity contribution in [2.45, 2.75) is 54.1 Å². The Morgan fingerprint density at radius 3 is 2.70 bits per heavy atom. The van der Waals surface area contributed by atoms with E-state index in [1.807, 2.05) is 24.3 Å². The zero-order valence-corrected chi connectivity index (χ0v) is 15.8. The van der Waals surface area contributed by atoms with Crippen molar-refractivity contribution in [2.24, 2.45) is 11.7 Å². The Labute approximate surface area is 161 Å². The third-order valence-corrected chi connectivity index (χ3v) is 6.70. The smallest absolute Gasteiger partial charge is 0.384 e. The molecule has 0 bridgehead atoms. The number of alkyl halides is 3. The largest absolute Gasteiger partial charge is 0.416 e. The molecule has 0 radical (unpaired) electrons.